The highest BCUT2D eigenvalue weighted by Gasteiger charge is 2.09. The van der Waals surface area contributed by atoms with Crippen molar-refractivity contribution in [1.29, 1.82) is 5.26 Å². The maximum atomic E-state index is 11.9. The van der Waals surface area contributed by atoms with Crippen molar-refractivity contribution in [1.82, 2.24) is 5.32 Å². The molecule has 2 aromatic rings. The van der Waals surface area contributed by atoms with Gasteiger partial charge >= 0.3 is 0 Å². The van der Waals surface area contributed by atoms with Crippen molar-refractivity contribution < 1.29 is 9.53 Å². The summed E-state index contributed by atoms with van der Waals surface area (Å²) in [6.45, 7) is 2.26. The van der Waals surface area contributed by atoms with Gasteiger partial charge in [-0.3, -0.25) is 4.79 Å². The van der Waals surface area contributed by atoms with Crippen molar-refractivity contribution in [3.05, 3.63) is 65.7 Å². The van der Waals surface area contributed by atoms with Crippen LogP contribution in [0, 0.1) is 11.3 Å². The van der Waals surface area contributed by atoms with E-state index in [0.717, 1.165) is 11.3 Å². The molecule has 0 saturated carbocycles. The zero-order valence-electron chi connectivity index (χ0n) is 12.5. The standard InChI is InChI=1S/C18H18N2O2/c1-14(16-9-7-15(13-19)8-10-16)20-18(21)11-12-22-17-5-3-2-4-6-17/h2-10,14H,11-12H2,1H3,(H,20,21). The Morgan fingerprint density at radius 2 is 1.86 bits per heavy atom. The molecule has 0 spiro atoms. The third kappa shape index (κ3) is 4.64. The van der Waals surface area contributed by atoms with Crippen LogP contribution in [0.2, 0.25) is 0 Å². The van der Waals surface area contributed by atoms with Crippen molar-refractivity contribution >= 4 is 5.91 Å². The Morgan fingerprint density at radius 1 is 1.18 bits per heavy atom. The number of nitrogens with zero attached hydrogens (tertiary/aromatic N) is 1. The minimum Gasteiger partial charge on any atom is -0.493 e. The third-order valence-electron chi connectivity index (χ3n) is 3.26. The van der Waals surface area contributed by atoms with Gasteiger partial charge in [-0.1, -0.05) is 30.3 Å². The van der Waals surface area contributed by atoms with Gasteiger partial charge in [-0.2, -0.15) is 5.26 Å². The van der Waals surface area contributed by atoms with E-state index in [1.807, 2.05) is 49.4 Å². The number of hydrogen-bond acceptors (Lipinski definition) is 3. The van der Waals surface area contributed by atoms with E-state index in [9.17, 15) is 4.79 Å². The summed E-state index contributed by atoms with van der Waals surface area (Å²) in [6, 6.07) is 18.6. The van der Waals surface area contributed by atoms with Crippen molar-refractivity contribution in [3.63, 3.8) is 0 Å². The predicted octanol–water partition coefficient (Wildman–Crippen LogP) is 3.20. The van der Waals surface area contributed by atoms with Crippen LogP contribution < -0.4 is 10.1 Å². The highest BCUT2D eigenvalue weighted by Crippen LogP contribution is 2.13. The molecule has 2 aromatic carbocycles. The van der Waals surface area contributed by atoms with E-state index in [1.165, 1.54) is 0 Å². The molecular formula is C18H18N2O2. The molecule has 0 bridgehead atoms. The van der Waals surface area contributed by atoms with Crippen LogP contribution in [-0.2, 0) is 4.79 Å². The predicted molar refractivity (Wildman–Crippen MR) is 84.3 cm³/mol. The van der Waals surface area contributed by atoms with Crippen LogP contribution in [0.15, 0.2) is 54.6 Å². The average Bonchev–Trinajstić information content (AvgIpc) is 2.56. The minimum atomic E-state index is -0.100. The van der Waals surface area contributed by atoms with Crippen molar-refractivity contribution in [2.24, 2.45) is 0 Å². The fourth-order valence-corrected chi connectivity index (χ4v) is 2.02. The van der Waals surface area contributed by atoms with Crippen molar-refractivity contribution in [3.8, 4) is 11.8 Å². The largest absolute Gasteiger partial charge is 0.493 e. The van der Waals surface area contributed by atoms with E-state index in [-0.39, 0.29) is 11.9 Å². The molecule has 0 aliphatic heterocycles. The number of hydrogen-bond donors (Lipinski definition) is 1. The Hall–Kier alpha value is -2.80. The topological polar surface area (TPSA) is 62.1 Å². The van der Waals surface area contributed by atoms with Gasteiger partial charge in [0.1, 0.15) is 5.75 Å². The summed E-state index contributed by atoms with van der Waals surface area (Å²) in [5.41, 5.74) is 1.58. The van der Waals surface area contributed by atoms with Gasteiger partial charge in [-0.15, -0.1) is 0 Å². The van der Waals surface area contributed by atoms with Crippen LogP contribution in [0.4, 0.5) is 0 Å². The molecule has 0 aromatic heterocycles. The Labute approximate surface area is 130 Å². The minimum absolute atomic E-state index is 0.0622. The number of nitrogens with one attached hydrogen (secondary N) is 1. The second-order valence-corrected chi connectivity index (χ2v) is 4.93. The lowest BCUT2D eigenvalue weighted by Crippen LogP contribution is -2.27. The van der Waals surface area contributed by atoms with E-state index < -0.39 is 0 Å². The molecular weight excluding hydrogens is 276 g/mol. The molecule has 2 rings (SSSR count). The van der Waals surface area contributed by atoms with Gasteiger partial charge in [-0.05, 0) is 36.8 Å². The molecule has 1 unspecified atom stereocenters. The average molecular weight is 294 g/mol. The number of nitriles is 1. The van der Waals surface area contributed by atoms with Crippen LogP contribution in [0.1, 0.15) is 30.5 Å². The molecule has 0 saturated heterocycles. The molecule has 0 heterocycles. The summed E-state index contributed by atoms with van der Waals surface area (Å²) < 4.78 is 5.50. The van der Waals surface area contributed by atoms with Crippen LogP contribution in [-0.4, -0.2) is 12.5 Å². The lowest BCUT2D eigenvalue weighted by molar-refractivity contribution is -0.122. The first-order valence-electron chi connectivity index (χ1n) is 7.16. The third-order valence-corrected chi connectivity index (χ3v) is 3.26. The molecule has 4 heteroatoms. The number of para-hydroxylation sites is 1. The lowest BCUT2D eigenvalue weighted by atomic mass is 10.1. The van der Waals surface area contributed by atoms with E-state index in [0.29, 0.717) is 18.6 Å². The Kier molecular flexibility index (Phi) is 5.56. The number of carbonyl (C=O) groups excluding carboxylic acids is 1. The molecule has 0 aliphatic rings. The summed E-state index contributed by atoms with van der Waals surface area (Å²) in [6.07, 6.45) is 0.301. The number of ether oxygens (including phenoxy) is 1. The molecule has 22 heavy (non-hydrogen) atoms. The molecule has 0 fully saturated rings. The van der Waals surface area contributed by atoms with Gasteiger partial charge in [0.25, 0.3) is 0 Å². The molecule has 0 radical (unpaired) electrons. The SMILES string of the molecule is CC(NC(=O)CCOc1ccccc1)c1ccc(C#N)cc1. The molecule has 1 N–H and O–H groups in total. The number of rotatable bonds is 6. The van der Waals surface area contributed by atoms with Crippen molar-refractivity contribution in [2.75, 3.05) is 6.61 Å². The van der Waals surface area contributed by atoms with Gasteiger partial charge in [0.15, 0.2) is 0 Å². The summed E-state index contributed by atoms with van der Waals surface area (Å²) in [4.78, 5) is 11.9. The fraction of sp³-hybridized carbons (Fsp3) is 0.222. The second kappa shape index (κ2) is 7.84. The maximum Gasteiger partial charge on any atom is 0.223 e. The summed E-state index contributed by atoms with van der Waals surface area (Å²) in [5.74, 6) is 0.697. The highest BCUT2D eigenvalue weighted by atomic mass is 16.5. The molecule has 4 nitrogen and oxygen atoms in total. The molecule has 112 valence electrons. The van der Waals surface area contributed by atoms with Crippen LogP contribution in [0.5, 0.6) is 5.75 Å². The Balaban J connectivity index is 1.77. The Morgan fingerprint density at radius 3 is 2.50 bits per heavy atom. The lowest BCUT2D eigenvalue weighted by Gasteiger charge is -2.14. The van der Waals surface area contributed by atoms with Crippen molar-refractivity contribution in [2.45, 2.75) is 19.4 Å². The smallest absolute Gasteiger partial charge is 0.223 e. The monoisotopic (exact) mass is 294 g/mol. The van der Waals surface area contributed by atoms with E-state index in [4.69, 9.17) is 10.00 Å². The number of amides is 1. The quantitative estimate of drug-likeness (QED) is 0.890. The van der Waals surface area contributed by atoms with Crippen LogP contribution >= 0.6 is 0 Å². The normalized spacial score (nSPS) is 11.3. The summed E-state index contributed by atoms with van der Waals surface area (Å²) >= 11 is 0. The Bertz CT molecular complexity index is 645. The number of benzene rings is 2. The maximum absolute atomic E-state index is 11.9. The van der Waals surface area contributed by atoms with Gasteiger partial charge < -0.3 is 10.1 Å². The molecule has 1 amide bonds. The van der Waals surface area contributed by atoms with E-state index in [1.54, 1.807) is 12.1 Å². The first-order valence-corrected chi connectivity index (χ1v) is 7.16. The van der Waals surface area contributed by atoms with Crippen LogP contribution in [0.25, 0.3) is 0 Å². The second-order valence-electron chi connectivity index (χ2n) is 4.93. The van der Waals surface area contributed by atoms with E-state index in [2.05, 4.69) is 11.4 Å². The number of carbonyl (C=O) groups is 1. The zero-order chi connectivity index (χ0) is 15.8. The summed E-state index contributed by atoms with van der Waals surface area (Å²) in [7, 11) is 0. The molecule has 1 atom stereocenters. The molecule has 0 aliphatic carbocycles. The first kappa shape index (κ1) is 15.6. The first-order chi connectivity index (χ1) is 10.7. The van der Waals surface area contributed by atoms with Gasteiger partial charge in [-0.25, -0.2) is 0 Å². The van der Waals surface area contributed by atoms with Gasteiger partial charge in [0, 0.05) is 0 Å². The van der Waals surface area contributed by atoms with E-state index >= 15 is 0 Å². The fourth-order valence-electron chi connectivity index (χ4n) is 2.02. The summed E-state index contributed by atoms with van der Waals surface area (Å²) in [5, 5.41) is 11.7. The highest BCUT2D eigenvalue weighted by molar-refractivity contribution is 5.76. The van der Waals surface area contributed by atoms with Gasteiger partial charge in [0.2, 0.25) is 5.91 Å². The zero-order valence-corrected chi connectivity index (χ0v) is 12.5. The van der Waals surface area contributed by atoms with Gasteiger partial charge in [0.05, 0.1) is 30.7 Å². The van der Waals surface area contributed by atoms with Crippen LogP contribution in [0.3, 0.4) is 0 Å².